The lowest BCUT2D eigenvalue weighted by molar-refractivity contribution is -0.332. The fraction of sp³-hybridized carbons (Fsp3) is 0.782. The average molecular weight is 995 g/mol. The molecule has 7 N–H and O–H groups in total. The van der Waals surface area contributed by atoms with E-state index in [1.165, 1.54) is 83.5 Å². The third kappa shape index (κ3) is 29.0. The van der Waals surface area contributed by atoms with Crippen LogP contribution in [-0.4, -0.2) is 142 Å². The van der Waals surface area contributed by atoms with E-state index in [9.17, 15) is 45.3 Å². The van der Waals surface area contributed by atoms with Gasteiger partial charge in [-0.25, -0.2) is 0 Å². The maximum atomic E-state index is 13.0. The van der Waals surface area contributed by atoms with Gasteiger partial charge in [-0.2, -0.15) is 0 Å². The van der Waals surface area contributed by atoms with Crippen LogP contribution in [0, 0.1) is 0 Å². The zero-order chi connectivity index (χ0) is 51.0. The molecule has 15 nitrogen and oxygen atoms in total. The van der Waals surface area contributed by atoms with Crippen molar-refractivity contribution in [2.75, 3.05) is 26.4 Å². The second kappa shape index (κ2) is 41.6. The molecule has 0 saturated carbocycles. The molecule has 15 heteroatoms. The molecule has 2 aliphatic heterocycles. The van der Waals surface area contributed by atoms with Crippen LogP contribution in [0.15, 0.2) is 60.8 Å². The Bertz CT molecular complexity index is 1450. The normalized spacial score (nSPS) is 25.8. The Labute approximate surface area is 420 Å². The van der Waals surface area contributed by atoms with Gasteiger partial charge in [0.05, 0.1) is 19.8 Å². The van der Waals surface area contributed by atoms with Crippen LogP contribution in [0.4, 0.5) is 0 Å². The van der Waals surface area contributed by atoms with Gasteiger partial charge in [-0.3, -0.25) is 9.59 Å². The van der Waals surface area contributed by atoms with E-state index >= 15 is 0 Å². The molecule has 0 aromatic carbocycles. The van der Waals surface area contributed by atoms with Crippen molar-refractivity contribution in [3.63, 3.8) is 0 Å². The largest absolute Gasteiger partial charge is 0.462 e. The lowest BCUT2D eigenvalue weighted by Gasteiger charge is -2.42. The Morgan fingerprint density at radius 3 is 1.46 bits per heavy atom. The van der Waals surface area contributed by atoms with Crippen LogP contribution < -0.4 is 0 Å². The number of rotatable bonds is 41. The van der Waals surface area contributed by atoms with Crippen molar-refractivity contribution in [3.05, 3.63) is 60.8 Å². The van der Waals surface area contributed by atoms with Crippen molar-refractivity contribution < 1.29 is 73.8 Å². The van der Waals surface area contributed by atoms with E-state index in [0.29, 0.717) is 12.8 Å². The molecular formula is C55H94O15. The Morgan fingerprint density at radius 2 is 0.900 bits per heavy atom. The minimum absolute atomic E-state index is 0.111. The lowest BCUT2D eigenvalue weighted by atomic mass is 9.98. The maximum Gasteiger partial charge on any atom is 0.306 e. The van der Waals surface area contributed by atoms with E-state index in [0.717, 1.165) is 57.8 Å². The highest BCUT2D eigenvalue weighted by Crippen LogP contribution is 2.26. The van der Waals surface area contributed by atoms with E-state index in [4.69, 9.17) is 28.4 Å². The third-order valence-electron chi connectivity index (χ3n) is 12.5. The minimum atomic E-state index is -1.77. The van der Waals surface area contributed by atoms with Gasteiger partial charge in [0.25, 0.3) is 0 Å². The average Bonchev–Trinajstić information content (AvgIpc) is 3.35. The van der Waals surface area contributed by atoms with Gasteiger partial charge in [-0.05, 0) is 77.0 Å². The molecule has 0 aliphatic carbocycles. The van der Waals surface area contributed by atoms with Crippen LogP contribution in [-0.2, 0) is 38.0 Å². The topological polar surface area (TPSA) is 231 Å². The Balaban J connectivity index is 1.80. The van der Waals surface area contributed by atoms with Crippen LogP contribution in [0.3, 0.4) is 0 Å². The number of aliphatic hydroxyl groups is 7. The van der Waals surface area contributed by atoms with Gasteiger partial charge < -0.3 is 64.2 Å². The highest BCUT2D eigenvalue weighted by molar-refractivity contribution is 5.70. The highest BCUT2D eigenvalue weighted by atomic mass is 16.7. The fourth-order valence-electron chi connectivity index (χ4n) is 8.08. The highest BCUT2D eigenvalue weighted by Gasteiger charge is 2.47. The smallest absolute Gasteiger partial charge is 0.306 e. The van der Waals surface area contributed by atoms with Gasteiger partial charge >= 0.3 is 11.9 Å². The molecule has 404 valence electrons. The quantitative estimate of drug-likeness (QED) is 0.0175. The third-order valence-corrected chi connectivity index (χ3v) is 12.5. The number of ether oxygens (including phenoxy) is 6. The maximum absolute atomic E-state index is 13.0. The summed E-state index contributed by atoms with van der Waals surface area (Å²) in [6.07, 6.45) is 31.1. The summed E-state index contributed by atoms with van der Waals surface area (Å²) in [6, 6.07) is 0. The van der Waals surface area contributed by atoms with Gasteiger partial charge in [0.2, 0.25) is 0 Å². The van der Waals surface area contributed by atoms with Crippen LogP contribution in [0.5, 0.6) is 0 Å². The summed E-state index contributed by atoms with van der Waals surface area (Å²) in [5, 5.41) is 72.1. The number of hydrogen-bond donors (Lipinski definition) is 7. The van der Waals surface area contributed by atoms with E-state index < -0.39 is 99.3 Å². The molecule has 2 rings (SSSR count). The molecule has 2 aliphatic rings. The number of unbranched alkanes of at least 4 members (excludes halogenated alkanes) is 17. The molecular weight excluding hydrogens is 901 g/mol. The number of carbonyl (C=O) groups is 2. The van der Waals surface area contributed by atoms with Crippen LogP contribution >= 0.6 is 0 Å². The van der Waals surface area contributed by atoms with Crippen LogP contribution in [0.25, 0.3) is 0 Å². The van der Waals surface area contributed by atoms with E-state index in [1.54, 1.807) is 0 Å². The van der Waals surface area contributed by atoms with Crippen molar-refractivity contribution in [1.29, 1.82) is 0 Å². The molecule has 0 radical (unpaired) electrons. The van der Waals surface area contributed by atoms with Crippen LogP contribution in [0.1, 0.15) is 181 Å². The summed E-state index contributed by atoms with van der Waals surface area (Å²) in [4.78, 5) is 25.8. The zero-order valence-corrected chi connectivity index (χ0v) is 42.7. The Morgan fingerprint density at radius 1 is 0.471 bits per heavy atom. The fourth-order valence-corrected chi connectivity index (χ4v) is 8.08. The summed E-state index contributed by atoms with van der Waals surface area (Å²) in [5.41, 5.74) is 0. The summed E-state index contributed by atoms with van der Waals surface area (Å²) in [7, 11) is 0. The second-order valence-corrected chi connectivity index (χ2v) is 18.7. The van der Waals surface area contributed by atoms with Crippen molar-refractivity contribution in [1.82, 2.24) is 0 Å². The van der Waals surface area contributed by atoms with E-state index in [1.807, 2.05) is 0 Å². The molecule has 2 fully saturated rings. The zero-order valence-electron chi connectivity index (χ0n) is 42.7. The number of carbonyl (C=O) groups excluding carboxylic acids is 2. The van der Waals surface area contributed by atoms with Gasteiger partial charge in [-0.15, -0.1) is 0 Å². The molecule has 11 atom stereocenters. The minimum Gasteiger partial charge on any atom is -0.462 e. The number of allylic oxidation sites excluding steroid dienone is 10. The molecule has 4 unspecified atom stereocenters. The Hall–Kier alpha value is -2.80. The number of esters is 2. The summed E-state index contributed by atoms with van der Waals surface area (Å²) in [6.45, 7) is 2.43. The molecule has 0 aromatic rings. The van der Waals surface area contributed by atoms with E-state index in [2.05, 4.69) is 74.6 Å². The van der Waals surface area contributed by atoms with Crippen molar-refractivity contribution in [2.45, 2.75) is 248 Å². The number of aliphatic hydroxyl groups excluding tert-OH is 7. The molecule has 2 saturated heterocycles. The summed E-state index contributed by atoms with van der Waals surface area (Å²) in [5.74, 6) is -0.977. The van der Waals surface area contributed by atoms with E-state index in [-0.39, 0.29) is 19.4 Å². The molecule has 0 amide bonds. The SMILES string of the molecule is CC/C=C/C/C=C/C/C=C/C/C=C/CCCCC(=O)O[C@@H](COC(=O)CCCCCCCCCCC/C=C/CCCCCCCC)CO[C@@H]1O[C@H](CO[C@@H]2O[C@H](CO)[C@H](O)C(O)C2O)[C@H](O)C(O)C1O. The summed E-state index contributed by atoms with van der Waals surface area (Å²) >= 11 is 0. The lowest BCUT2D eigenvalue weighted by Crippen LogP contribution is -2.61. The molecule has 0 spiro atoms. The first-order chi connectivity index (χ1) is 34.0. The standard InChI is InChI=1S/C55H94O15/c1-3-5-7-9-11-13-15-17-19-20-21-22-24-25-27-29-31-33-35-37-46(57)65-40-43(68-47(58)38-36-34-32-30-28-26-23-18-16-14-12-10-8-6-4-2)41-66-54-53(64)51(62)49(60)45(70-54)42-67-55-52(63)50(61)48(59)44(39-56)69-55/h6,8,12,14,17-19,23,28,30,43-45,48-56,59-64H,3-5,7,9-11,13,15-16,20-22,24-27,29,31-42H2,1-2H3/b8-6+,14-12+,19-17+,23-18+,30-28+/t43-,44+,45+,48-,49-,50?,51?,52?,53?,54+,55+/m0/s1. The predicted octanol–water partition coefficient (Wildman–Crippen LogP) is 8.05. The van der Waals surface area contributed by atoms with Crippen molar-refractivity contribution in [2.24, 2.45) is 0 Å². The first-order valence-electron chi connectivity index (χ1n) is 26.9. The molecule has 0 aromatic heterocycles. The monoisotopic (exact) mass is 995 g/mol. The number of hydrogen-bond acceptors (Lipinski definition) is 15. The molecule has 70 heavy (non-hydrogen) atoms. The van der Waals surface area contributed by atoms with Crippen molar-refractivity contribution >= 4 is 11.9 Å². The second-order valence-electron chi connectivity index (χ2n) is 18.7. The molecule has 2 heterocycles. The van der Waals surface area contributed by atoms with Gasteiger partial charge in [0.15, 0.2) is 18.7 Å². The predicted molar refractivity (Wildman–Crippen MR) is 270 cm³/mol. The first kappa shape index (κ1) is 63.3. The van der Waals surface area contributed by atoms with Gasteiger partial charge in [0, 0.05) is 12.8 Å². The Kier molecular flexibility index (Phi) is 37.7. The van der Waals surface area contributed by atoms with Crippen LogP contribution in [0.2, 0.25) is 0 Å². The van der Waals surface area contributed by atoms with Gasteiger partial charge in [0.1, 0.15) is 55.4 Å². The van der Waals surface area contributed by atoms with Crippen molar-refractivity contribution in [3.8, 4) is 0 Å². The summed E-state index contributed by atoms with van der Waals surface area (Å²) < 4.78 is 33.6. The first-order valence-corrected chi connectivity index (χ1v) is 26.9. The molecule has 0 bridgehead atoms. The van der Waals surface area contributed by atoms with Gasteiger partial charge in [-0.1, -0.05) is 152 Å².